The summed E-state index contributed by atoms with van der Waals surface area (Å²) >= 11 is 18.5. The van der Waals surface area contributed by atoms with E-state index in [0.29, 0.717) is 22.2 Å². The zero-order valence-corrected chi connectivity index (χ0v) is 22.5. The average molecular weight is 549 g/mol. The highest BCUT2D eigenvalue weighted by Crippen LogP contribution is 2.28. The second-order valence-corrected chi connectivity index (χ2v) is 11.5. The van der Waals surface area contributed by atoms with E-state index in [1.54, 1.807) is 31.2 Å². The molecule has 0 spiro atoms. The van der Waals surface area contributed by atoms with Crippen LogP contribution in [0, 0.1) is 5.92 Å². The molecule has 186 valence electrons. The predicted molar refractivity (Wildman–Crippen MR) is 138 cm³/mol. The van der Waals surface area contributed by atoms with Gasteiger partial charge in [-0.1, -0.05) is 66.8 Å². The van der Waals surface area contributed by atoms with Gasteiger partial charge < -0.3 is 10.2 Å². The molecule has 0 aliphatic carbocycles. The van der Waals surface area contributed by atoms with Crippen molar-refractivity contribution in [2.45, 2.75) is 33.4 Å². The van der Waals surface area contributed by atoms with Crippen molar-refractivity contribution in [3.05, 3.63) is 63.1 Å². The maximum Gasteiger partial charge on any atom is 0.244 e. The molecule has 0 aliphatic heterocycles. The van der Waals surface area contributed by atoms with Crippen molar-refractivity contribution in [3.63, 3.8) is 0 Å². The first-order valence-electron chi connectivity index (χ1n) is 10.5. The molecule has 7 nitrogen and oxygen atoms in total. The number of amides is 2. The van der Waals surface area contributed by atoms with Crippen LogP contribution in [0.15, 0.2) is 42.5 Å². The molecular weight excluding hydrogens is 521 g/mol. The summed E-state index contributed by atoms with van der Waals surface area (Å²) in [5.41, 5.74) is 0.730. The lowest BCUT2D eigenvalue weighted by molar-refractivity contribution is -0.139. The largest absolute Gasteiger partial charge is 0.354 e. The second kappa shape index (κ2) is 12.1. The normalized spacial score (nSPS) is 12.4. The Morgan fingerprint density at radius 3 is 2.21 bits per heavy atom. The van der Waals surface area contributed by atoms with Crippen LogP contribution in [0.4, 0.5) is 5.69 Å². The summed E-state index contributed by atoms with van der Waals surface area (Å²) in [4.78, 5) is 27.6. The zero-order valence-electron chi connectivity index (χ0n) is 19.4. The van der Waals surface area contributed by atoms with Crippen LogP contribution in [-0.2, 0) is 26.2 Å². The van der Waals surface area contributed by atoms with Crippen molar-refractivity contribution >= 4 is 62.3 Å². The van der Waals surface area contributed by atoms with E-state index in [9.17, 15) is 18.0 Å². The van der Waals surface area contributed by atoms with Gasteiger partial charge in [0.2, 0.25) is 21.8 Å². The maximum absolute atomic E-state index is 13.5. The van der Waals surface area contributed by atoms with Gasteiger partial charge in [-0.2, -0.15) is 0 Å². The summed E-state index contributed by atoms with van der Waals surface area (Å²) in [7, 11) is -3.87. The molecule has 2 rings (SSSR count). The van der Waals surface area contributed by atoms with Crippen LogP contribution < -0.4 is 9.62 Å². The number of halogens is 3. The van der Waals surface area contributed by atoms with Crippen LogP contribution in [0.1, 0.15) is 26.3 Å². The smallest absolute Gasteiger partial charge is 0.244 e. The molecule has 0 saturated carbocycles. The van der Waals surface area contributed by atoms with Crippen LogP contribution in [0.25, 0.3) is 0 Å². The Morgan fingerprint density at radius 1 is 1.00 bits per heavy atom. The van der Waals surface area contributed by atoms with Gasteiger partial charge in [-0.05, 0) is 42.7 Å². The van der Waals surface area contributed by atoms with Gasteiger partial charge in [0.15, 0.2) is 0 Å². The van der Waals surface area contributed by atoms with Crippen molar-refractivity contribution in [2.75, 3.05) is 23.7 Å². The summed E-state index contributed by atoms with van der Waals surface area (Å²) in [6.45, 7) is 5.35. The average Bonchev–Trinajstić information content (AvgIpc) is 2.74. The third kappa shape index (κ3) is 7.77. The minimum atomic E-state index is -3.87. The van der Waals surface area contributed by atoms with Gasteiger partial charge in [-0.15, -0.1) is 0 Å². The topological polar surface area (TPSA) is 86.8 Å². The number of rotatable bonds is 10. The van der Waals surface area contributed by atoms with Gasteiger partial charge in [0.1, 0.15) is 12.6 Å². The number of carbonyl (C=O) groups is 2. The number of nitrogens with zero attached hydrogens (tertiary/aromatic N) is 2. The quantitative estimate of drug-likeness (QED) is 0.470. The summed E-state index contributed by atoms with van der Waals surface area (Å²) < 4.78 is 26.0. The van der Waals surface area contributed by atoms with Crippen LogP contribution >= 0.6 is 34.8 Å². The SMILES string of the molecule is CC(C)CNC(=O)C(C)N(Cc1ccc(Cl)cc1Cl)C(=O)CN(c1ccccc1Cl)S(C)(=O)=O. The van der Waals surface area contributed by atoms with Crippen LogP contribution in [0.5, 0.6) is 0 Å². The number of para-hydroxylation sites is 1. The fourth-order valence-electron chi connectivity index (χ4n) is 3.12. The molecule has 34 heavy (non-hydrogen) atoms. The Hall–Kier alpha value is -2.00. The van der Waals surface area contributed by atoms with E-state index in [-0.39, 0.29) is 29.1 Å². The zero-order chi connectivity index (χ0) is 25.6. The highest BCUT2D eigenvalue weighted by atomic mass is 35.5. The third-order valence-electron chi connectivity index (χ3n) is 5.01. The van der Waals surface area contributed by atoms with Gasteiger partial charge in [-0.3, -0.25) is 13.9 Å². The van der Waals surface area contributed by atoms with E-state index in [2.05, 4.69) is 5.32 Å². The molecule has 0 aliphatic rings. The first kappa shape index (κ1) is 28.2. The Morgan fingerprint density at radius 2 is 1.65 bits per heavy atom. The van der Waals surface area contributed by atoms with Crippen molar-refractivity contribution in [3.8, 4) is 0 Å². The minimum absolute atomic E-state index is 0.0226. The molecule has 0 bridgehead atoms. The number of carbonyl (C=O) groups excluding carboxylic acids is 2. The Kier molecular flexibility index (Phi) is 10.1. The number of hydrogen-bond donors (Lipinski definition) is 1. The molecule has 0 radical (unpaired) electrons. The first-order chi connectivity index (χ1) is 15.8. The van der Waals surface area contributed by atoms with E-state index in [1.165, 1.54) is 23.1 Å². The minimum Gasteiger partial charge on any atom is -0.354 e. The number of sulfonamides is 1. The standard InChI is InChI=1S/C23H28Cl3N3O4S/c1-15(2)12-27-23(31)16(3)28(13-17-9-10-18(24)11-20(17)26)22(30)14-29(34(4,32)33)21-8-6-5-7-19(21)25/h5-11,15-16H,12-14H2,1-4H3,(H,27,31). The molecule has 0 aromatic heterocycles. The fraction of sp³-hybridized carbons (Fsp3) is 0.391. The van der Waals surface area contributed by atoms with E-state index < -0.39 is 28.5 Å². The number of anilines is 1. The molecule has 11 heteroatoms. The molecule has 1 atom stereocenters. The number of hydrogen-bond acceptors (Lipinski definition) is 4. The van der Waals surface area contributed by atoms with E-state index in [4.69, 9.17) is 34.8 Å². The molecular formula is C23H28Cl3N3O4S. The molecule has 0 fully saturated rings. The Labute approximate surface area is 216 Å². The van der Waals surface area contributed by atoms with Crippen molar-refractivity contribution in [1.82, 2.24) is 10.2 Å². The van der Waals surface area contributed by atoms with E-state index >= 15 is 0 Å². The van der Waals surface area contributed by atoms with E-state index in [1.807, 2.05) is 13.8 Å². The van der Waals surface area contributed by atoms with Crippen LogP contribution in [0.2, 0.25) is 15.1 Å². The summed E-state index contributed by atoms with van der Waals surface area (Å²) in [6.07, 6.45) is 0.989. The Bertz CT molecular complexity index is 1140. The lowest BCUT2D eigenvalue weighted by Gasteiger charge is -2.32. The van der Waals surface area contributed by atoms with Crippen molar-refractivity contribution < 1.29 is 18.0 Å². The molecule has 0 heterocycles. The van der Waals surface area contributed by atoms with Crippen molar-refractivity contribution in [2.24, 2.45) is 5.92 Å². The highest BCUT2D eigenvalue weighted by Gasteiger charge is 2.31. The van der Waals surface area contributed by atoms with Gasteiger partial charge >= 0.3 is 0 Å². The lowest BCUT2D eigenvalue weighted by Crippen LogP contribution is -2.51. The summed E-state index contributed by atoms with van der Waals surface area (Å²) in [5, 5.41) is 3.74. The molecule has 2 aromatic carbocycles. The molecule has 0 saturated heterocycles. The molecule has 1 N–H and O–H groups in total. The van der Waals surface area contributed by atoms with Crippen molar-refractivity contribution in [1.29, 1.82) is 0 Å². The Balaban J connectivity index is 2.41. The number of benzene rings is 2. The van der Waals surface area contributed by atoms with Gasteiger partial charge in [0.05, 0.1) is 17.0 Å². The maximum atomic E-state index is 13.5. The molecule has 2 amide bonds. The van der Waals surface area contributed by atoms with Crippen LogP contribution in [0.3, 0.4) is 0 Å². The van der Waals surface area contributed by atoms with Crippen LogP contribution in [-0.4, -0.2) is 50.5 Å². The number of nitrogens with one attached hydrogen (secondary N) is 1. The van der Waals surface area contributed by atoms with E-state index in [0.717, 1.165) is 10.6 Å². The molecule has 1 unspecified atom stereocenters. The lowest BCUT2D eigenvalue weighted by atomic mass is 10.1. The highest BCUT2D eigenvalue weighted by molar-refractivity contribution is 7.92. The third-order valence-corrected chi connectivity index (χ3v) is 7.04. The predicted octanol–water partition coefficient (Wildman–Crippen LogP) is 4.60. The van der Waals surface area contributed by atoms with Gasteiger partial charge in [0, 0.05) is 23.1 Å². The monoisotopic (exact) mass is 547 g/mol. The second-order valence-electron chi connectivity index (χ2n) is 8.29. The summed E-state index contributed by atoms with van der Waals surface area (Å²) in [6, 6.07) is 10.2. The first-order valence-corrected chi connectivity index (χ1v) is 13.5. The molecule has 2 aromatic rings. The van der Waals surface area contributed by atoms with Gasteiger partial charge in [-0.25, -0.2) is 8.42 Å². The fourth-order valence-corrected chi connectivity index (χ4v) is 4.73. The van der Waals surface area contributed by atoms with Gasteiger partial charge in [0.25, 0.3) is 0 Å². The summed E-state index contributed by atoms with van der Waals surface area (Å²) in [5.74, 6) is -0.744.